The predicted molar refractivity (Wildman–Crippen MR) is 45.5 cm³/mol. The Hall–Kier alpha value is -1.22. The number of hydrogen-bond acceptors (Lipinski definition) is 2. The van der Waals surface area contributed by atoms with Gasteiger partial charge >= 0.3 is 0 Å². The summed E-state index contributed by atoms with van der Waals surface area (Å²) in [6, 6.07) is -0.0742. The summed E-state index contributed by atoms with van der Waals surface area (Å²) in [4.78, 5) is 0. The number of hydrogen-bond donors (Lipinski definition) is 1. The Bertz CT molecular complexity index is 252. The van der Waals surface area contributed by atoms with Crippen LogP contribution in [-0.2, 0) is 4.74 Å². The summed E-state index contributed by atoms with van der Waals surface area (Å²) in [5.74, 6) is 0.652. The van der Waals surface area contributed by atoms with Gasteiger partial charge in [0, 0.05) is 12.5 Å². The van der Waals surface area contributed by atoms with E-state index in [0.717, 1.165) is 5.57 Å². The molecule has 1 fully saturated rings. The molecule has 1 heterocycles. The summed E-state index contributed by atoms with van der Waals surface area (Å²) in [5.41, 5.74) is 0.992. The SMILES string of the molecule is OC[C@@H]1COC(=C2C=CC=C2)[N-]1. The summed E-state index contributed by atoms with van der Waals surface area (Å²) in [7, 11) is 0. The normalized spacial score (nSPS) is 26.2. The van der Waals surface area contributed by atoms with Crippen molar-refractivity contribution in [3.05, 3.63) is 41.1 Å². The van der Waals surface area contributed by atoms with Crippen LogP contribution in [0.25, 0.3) is 5.32 Å². The van der Waals surface area contributed by atoms with Crippen LogP contribution in [0.15, 0.2) is 35.8 Å². The fourth-order valence-corrected chi connectivity index (χ4v) is 1.18. The lowest BCUT2D eigenvalue weighted by Gasteiger charge is -2.18. The Labute approximate surface area is 71.0 Å². The third kappa shape index (κ3) is 1.23. The van der Waals surface area contributed by atoms with Gasteiger partial charge in [-0.2, -0.15) is 0 Å². The number of aliphatic hydroxyl groups is 1. The van der Waals surface area contributed by atoms with Crippen molar-refractivity contribution in [1.29, 1.82) is 0 Å². The number of allylic oxidation sites excluding steroid dienone is 5. The fourth-order valence-electron chi connectivity index (χ4n) is 1.18. The van der Waals surface area contributed by atoms with E-state index in [1.165, 1.54) is 0 Å². The molecule has 3 heteroatoms. The van der Waals surface area contributed by atoms with Crippen LogP contribution in [0.2, 0.25) is 0 Å². The van der Waals surface area contributed by atoms with Crippen LogP contribution >= 0.6 is 0 Å². The van der Waals surface area contributed by atoms with Crippen LogP contribution in [-0.4, -0.2) is 24.4 Å². The first-order chi connectivity index (χ1) is 5.90. The molecule has 0 bridgehead atoms. The largest absolute Gasteiger partial charge is 0.646 e. The maximum atomic E-state index is 8.79. The number of ether oxygens (including phenoxy) is 1. The quantitative estimate of drug-likeness (QED) is 0.630. The minimum absolute atomic E-state index is 0.0597. The van der Waals surface area contributed by atoms with Crippen molar-refractivity contribution >= 4 is 0 Å². The molecule has 0 aromatic rings. The van der Waals surface area contributed by atoms with Gasteiger partial charge in [-0.3, -0.25) is 0 Å². The highest BCUT2D eigenvalue weighted by atomic mass is 16.5. The average Bonchev–Trinajstić information content (AvgIpc) is 2.75. The molecule has 0 aromatic heterocycles. The first kappa shape index (κ1) is 7.43. The molecular formula is C9H10NO2-. The van der Waals surface area contributed by atoms with Crippen LogP contribution in [0.5, 0.6) is 0 Å². The summed E-state index contributed by atoms with van der Waals surface area (Å²) < 4.78 is 5.29. The molecule has 1 aliphatic heterocycles. The summed E-state index contributed by atoms with van der Waals surface area (Å²) in [5, 5.41) is 13.0. The van der Waals surface area contributed by atoms with Gasteiger partial charge in [0.1, 0.15) is 0 Å². The van der Waals surface area contributed by atoms with Gasteiger partial charge in [-0.15, -0.1) is 0 Å². The molecule has 1 atom stereocenters. The lowest BCUT2D eigenvalue weighted by molar-refractivity contribution is 0.215. The van der Waals surface area contributed by atoms with E-state index in [2.05, 4.69) is 5.32 Å². The minimum atomic E-state index is -0.0742. The van der Waals surface area contributed by atoms with Crippen molar-refractivity contribution in [2.75, 3.05) is 13.2 Å². The highest BCUT2D eigenvalue weighted by Crippen LogP contribution is 2.27. The second-order valence-electron chi connectivity index (χ2n) is 2.76. The smallest absolute Gasteiger partial charge is 0.0745 e. The summed E-state index contributed by atoms with van der Waals surface area (Å²) in [6.07, 6.45) is 7.76. The molecule has 1 aliphatic carbocycles. The lowest BCUT2D eigenvalue weighted by atomic mass is 10.3. The minimum Gasteiger partial charge on any atom is -0.646 e. The van der Waals surface area contributed by atoms with Crippen molar-refractivity contribution in [2.45, 2.75) is 6.04 Å². The molecule has 12 heavy (non-hydrogen) atoms. The molecule has 0 aromatic carbocycles. The Balaban J connectivity index is 2.12. The maximum Gasteiger partial charge on any atom is 0.0745 e. The van der Waals surface area contributed by atoms with Gasteiger partial charge in [0.2, 0.25) is 0 Å². The van der Waals surface area contributed by atoms with Gasteiger partial charge in [0.15, 0.2) is 0 Å². The molecule has 0 spiro atoms. The monoisotopic (exact) mass is 164 g/mol. The van der Waals surface area contributed by atoms with Crippen LogP contribution in [0.1, 0.15) is 0 Å². The molecule has 1 N–H and O–H groups in total. The van der Waals surface area contributed by atoms with Crippen LogP contribution in [0.4, 0.5) is 0 Å². The van der Waals surface area contributed by atoms with E-state index in [0.29, 0.717) is 12.5 Å². The molecule has 64 valence electrons. The lowest BCUT2D eigenvalue weighted by Crippen LogP contribution is -2.09. The van der Waals surface area contributed by atoms with Crippen molar-refractivity contribution in [1.82, 2.24) is 0 Å². The van der Waals surface area contributed by atoms with E-state index in [-0.39, 0.29) is 12.6 Å². The first-order valence-corrected chi connectivity index (χ1v) is 3.93. The van der Waals surface area contributed by atoms with Crippen LogP contribution < -0.4 is 0 Å². The van der Waals surface area contributed by atoms with Gasteiger partial charge in [-0.25, -0.2) is 0 Å². The van der Waals surface area contributed by atoms with Gasteiger partial charge < -0.3 is 15.2 Å². The van der Waals surface area contributed by atoms with E-state index in [1.807, 2.05) is 24.3 Å². The van der Waals surface area contributed by atoms with Gasteiger partial charge in [0.25, 0.3) is 0 Å². The van der Waals surface area contributed by atoms with E-state index >= 15 is 0 Å². The highest BCUT2D eigenvalue weighted by Gasteiger charge is 2.09. The molecular weight excluding hydrogens is 154 g/mol. The van der Waals surface area contributed by atoms with E-state index in [4.69, 9.17) is 9.84 Å². The second-order valence-corrected chi connectivity index (χ2v) is 2.76. The molecule has 1 saturated heterocycles. The molecule has 2 rings (SSSR count). The molecule has 0 unspecified atom stereocenters. The van der Waals surface area contributed by atoms with E-state index in [1.54, 1.807) is 0 Å². The third-order valence-corrected chi connectivity index (χ3v) is 1.83. The number of nitrogens with zero attached hydrogens (tertiary/aromatic N) is 1. The Kier molecular flexibility index (Phi) is 1.87. The predicted octanol–water partition coefficient (Wildman–Crippen LogP) is 1.09. The van der Waals surface area contributed by atoms with Crippen molar-refractivity contribution in [2.24, 2.45) is 0 Å². The zero-order valence-corrected chi connectivity index (χ0v) is 6.60. The second kappa shape index (κ2) is 3.03. The molecule has 2 aliphatic rings. The first-order valence-electron chi connectivity index (χ1n) is 3.93. The van der Waals surface area contributed by atoms with Crippen molar-refractivity contribution < 1.29 is 9.84 Å². The zero-order chi connectivity index (χ0) is 8.39. The van der Waals surface area contributed by atoms with Gasteiger partial charge in [-0.1, -0.05) is 30.3 Å². The number of aliphatic hydroxyl groups excluding tert-OH is 1. The third-order valence-electron chi connectivity index (χ3n) is 1.83. The van der Waals surface area contributed by atoms with Crippen molar-refractivity contribution in [3.8, 4) is 0 Å². The molecule has 0 amide bonds. The number of rotatable bonds is 1. The molecule has 3 nitrogen and oxygen atoms in total. The van der Waals surface area contributed by atoms with Crippen molar-refractivity contribution in [3.63, 3.8) is 0 Å². The van der Waals surface area contributed by atoms with Gasteiger partial charge in [0.05, 0.1) is 6.61 Å². The highest BCUT2D eigenvalue weighted by molar-refractivity contribution is 5.45. The topological polar surface area (TPSA) is 43.6 Å². The van der Waals surface area contributed by atoms with E-state index < -0.39 is 0 Å². The van der Waals surface area contributed by atoms with Crippen LogP contribution in [0, 0.1) is 0 Å². The summed E-state index contributed by atoms with van der Waals surface area (Å²) >= 11 is 0. The summed E-state index contributed by atoms with van der Waals surface area (Å²) in [6.45, 7) is 0.557. The average molecular weight is 164 g/mol. The maximum absolute atomic E-state index is 8.79. The standard InChI is InChI=1S/C9H10NO2/c11-5-8-6-12-9(10-8)7-3-1-2-4-7/h1-4,8,11H,5-6H2/q-1/t8-/m1/s1. The Morgan fingerprint density at radius 2 is 2.25 bits per heavy atom. The fraction of sp³-hybridized carbons (Fsp3) is 0.333. The molecule has 0 saturated carbocycles. The van der Waals surface area contributed by atoms with Gasteiger partial charge in [-0.05, 0) is 5.57 Å². The van der Waals surface area contributed by atoms with Crippen LogP contribution in [0.3, 0.4) is 0 Å². The van der Waals surface area contributed by atoms with E-state index in [9.17, 15) is 0 Å². The molecule has 0 radical (unpaired) electrons. The Morgan fingerprint density at radius 3 is 2.83 bits per heavy atom. The Morgan fingerprint density at radius 1 is 1.50 bits per heavy atom. The zero-order valence-electron chi connectivity index (χ0n) is 6.60.